The van der Waals surface area contributed by atoms with E-state index in [0.717, 1.165) is 6.07 Å². The molecule has 4 rings (SSSR count). The van der Waals surface area contributed by atoms with E-state index < -0.39 is 47.6 Å². The predicted octanol–water partition coefficient (Wildman–Crippen LogP) is 0.0562. The van der Waals surface area contributed by atoms with Gasteiger partial charge in [-0.1, -0.05) is 6.07 Å². The van der Waals surface area contributed by atoms with Gasteiger partial charge in [-0.25, -0.2) is 8.78 Å². The van der Waals surface area contributed by atoms with E-state index in [2.05, 4.69) is 5.32 Å². The Morgan fingerprint density at radius 3 is 2.83 bits per heavy atom. The number of hydrogen-bond acceptors (Lipinski definition) is 6. The molecule has 3 heterocycles. The number of halogens is 2. The number of amides is 2. The Bertz CT molecular complexity index is 937. The number of Topliss-reactive ketones (excluding diaryl/α,β-unsaturated/α-hetero) is 1. The van der Waals surface area contributed by atoms with Gasteiger partial charge in [-0.15, -0.1) is 0 Å². The van der Waals surface area contributed by atoms with E-state index in [1.54, 1.807) is 0 Å². The van der Waals surface area contributed by atoms with E-state index in [0.29, 0.717) is 19.1 Å². The van der Waals surface area contributed by atoms with Gasteiger partial charge in [0.15, 0.2) is 0 Å². The molecule has 160 valence electrons. The Labute approximate surface area is 171 Å². The van der Waals surface area contributed by atoms with Crippen molar-refractivity contribution < 1.29 is 33.0 Å². The van der Waals surface area contributed by atoms with E-state index in [-0.39, 0.29) is 30.3 Å². The molecular formula is C20H21F2N3O5. The molecule has 0 saturated carbocycles. The summed E-state index contributed by atoms with van der Waals surface area (Å²) in [6, 6.07) is 1.73. The number of rotatable bonds is 3. The molecule has 2 saturated heterocycles. The van der Waals surface area contributed by atoms with Crippen molar-refractivity contribution in [2.75, 3.05) is 13.2 Å². The number of hydrogen-bond donors (Lipinski definition) is 2. The van der Waals surface area contributed by atoms with E-state index in [4.69, 9.17) is 4.74 Å². The average Bonchev–Trinajstić information content (AvgIpc) is 2.69. The van der Waals surface area contributed by atoms with Crippen LogP contribution in [0, 0.1) is 11.6 Å². The van der Waals surface area contributed by atoms with Crippen LogP contribution in [0.25, 0.3) is 0 Å². The van der Waals surface area contributed by atoms with Crippen LogP contribution in [0.2, 0.25) is 0 Å². The number of fused-ring (bicyclic) bond motifs is 2. The fraction of sp³-hybridized carbons (Fsp3) is 0.450. The minimum absolute atomic E-state index is 0.0421. The molecule has 2 fully saturated rings. The maximum atomic E-state index is 13.8. The maximum Gasteiger partial charge on any atom is 0.256 e. The first kappa shape index (κ1) is 20.4. The van der Waals surface area contributed by atoms with Crippen LogP contribution in [-0.4, -0.2) is 70.1 Å². The van der Waals surface area contributed by atoms with Crippen molar-refractivity contribution in [1.82, 2.24) is 15.1 Å². The van der Waals surface area contributed by atoms with Crippen LogP contribution in [-0.2, 0) is 25.7 Å². The number of nitrogens with zero attached hydrogens (tertiary/aromatic N) is 2. The van der Waals surface area contributed by atoms with E-state index in [9.17, 15) is 28.3 Å². The first-order valence-electron chi connectivity index (χ1n) is 9.63. The van der Waals surface area contributed by atoms with Gasteiger partial charge in [-0.2, -0.15) is 0 Å². The van der Waals surface area contributed by atoms with Gasteiger partial charge in [0, 0.05) is 30.4 Å². The van der Waals surface area contributed by atoms with Crippen molar-refractivity contribution in [1.29, 1.82) is 0 Å². The minimum atomic E-state index is -1.71. The summed E-state index contributed by atoms with van der Waals surface area (Å²) in [7, 11) is 0. The third-order valence-electron chi connectivity index (χ3n) is 5.69. The molecular weight excluding hydrogens is 400 g/mol. The quantitative estimate of drug-likeness (QED) is 0.670. The highest BCUT2D eigenvalue weighted by Crippen LogP contribution is 2.30. The van der Waals surface area contributed by atoms with Crippen molar-refractivity contribution in [3.05, 3.63) is 47.2 Å². The highest BCUT2D eigenvalue weighted by molar-refractivity contribution is 6.22. The maximum absolute atomic E-state index is 13.8. The van der Waals surface area contributed by atoms with Crippen LogP contribution in [0.15, 0.2) is 30.0 Å². The van der Waals surface area contributed by atoms with Gasteiger partial charge in [0.25, 0.3) is 11.8 Å². The van der Waals surface area contributed by atoms with E-state index >= 15 is 0 Å². The van der Waals surface area contributed by atoms with Crippen molar-refractivity contribution in [3.63, 3.8) is 0 Å². The normalized spacial score (nSPS) is 28.6. The Hall–Kier alpha value is -2.85. The molecule has 0 radical (unpaired) electrons. The van der Waals surface area contributed by atoms with Crippen molar-refractivity contribution in [3.8, 4) is 0 Å². The molecule has 1 aromatic carbocycles. The molecule has 0 aliphatic carbocycles. The molecule has 3 aliphatic heterocycles. The number of ketones is 1. The molecule has 4 atom stereocenters. The lowest BCUT2D eigenvalue weighted by molar-refractivity contribution is -0.190. The van der Waals surface area contributed by atoms with Crippen molar-refractivity contribution >= 4 is 17.6 Å². The monoisotopic (exact) mass is 421 g/mol. The first-order valence-corrected chi connectivity index (χ1v) is 9.63. The molecule has 3 aliphatic rings. The van der Waals surface area contributed by atoms with Crippen LogP contribution in [0.3, 0.4) is 0 Å². The molecule has 2 amide bonds. The zero-order chi connectivity index (χ0) is 21.6. The van der Waals surface area contributed by atoms with Crippen molar-refractivity contribution in [2.24, 2.45) is 0 Å². The number of piperazine rings is 1. The largest absolute Gasteiger partial charge is 0.382 e. The summed E-state index contributed by atoms with van der Waals surface area (Å²) in [5, 5.41) is 12.9. The molecule has 10 heteroatoms. The number of aliphatic hydroxyl groups is 1. The molecule has 0 spiro atoms. The van der Waals surface area contributed by atoms with Gasteiger partial charge < -0.3 is 25.0 Å². The number of aliphatic hydroxyl groups excluding tert-OH is 1. The lowest BCUT2D eigenvalue weighted by atomic mass is 9.91. The van der Waals surface area contributed by atoms with Crippen LogP contribution in [0.5, 0.6) is 0 Å². The summed E-state index contributed by atoms with van der Waals surface area (Å²) in [6.07, 6.45) is -0.344. The first-order chi connectivity index (χ1) is 14.3. The molecule has 8 nitrogen and oxygen atoms in total. The second-order valence-electron chi connectivity index (χ2n) is 7.62. The number of ether oxygens (including phenoxy) is 1. The van der Waals surface area contributed by atoms with Gasteiger partial charge in [-0.05, 0) is 19.4 Å². The zero-order valence-electron chi connectivity index (χ0n) is 16.2. The second-order valence-corrected chi connectivity index (χ2v) is 7.62. The lowest BCUT2D eigenvalue weighted by Crippen LogP contribution is -2.69. The summed E-state index contributed by atoms with van der Waals surface area (Å²) in [5.41, 5.74) is -0.299. The third-order valence-corrected chi connectivity index (χ3v) is 5.69. The molecule has 2 N–H and O–H groups in total. The van der Waals surface area contributed by atoms with Gasteiger partial charge in [0.2, 0.25) is 5.78 Å². The Kier molecular flexibility index (Phi) is 5.29. The second kappa shape index (κ2) is 7.77. The smallest absolute Gasteiger partial charge is 0.256 e. The molecule has 0 aromatic heterocycles. The zero-order valence-corrected chi connectivity index (χ0v) is 16.2. The standard InChI is InChI=1S/C20H21F2N3O5/c1-10-4-5-30-15-9-24-8-13(17(26)18(27)16(24)20(29)25(10)15)19(28)23-7-11-2-3-12(21)6-14(11)22/h2-3,6,8,10,15-16,18,27H,4-5,7,9H2,1H3,(H,23,28)/t10-,15-,16?,18?/m0/s1. The highest BCUT2D eigenvalue weighted by Gasteiger charge is 2.51. The van der Waals surface area contributed by atoms with Gasteiger partial charge >= 0.3 is 0 Å². The summed E-state index contributed by atoms with van der Waals surface area (Å²) >= 11 is 0. The molecule has 1 aromatic rings. The predicted molar refractivity (Wildman–Crippen MR) is 98.5 cm³/mol. The molecule has 2 unspecified atom stereocenters. The lowest BCUT2D eigenvalue weighted by Gasteiger charge is -2.51. The number of carbonyl (C=O) groups is 3. The minimum Gasteiger partial charge on any atom is -0.382 e. The van der Waals surface area contributed by atoms with Gasteiger partial charge in [0.05, 0.1) is 13.2 Å². The topological polar surface area (TPSA) is 99.2 Å². The number of carbonyl (C=O) groups excluding carboxylic acids is 3. The fourth-order valence-electron chi connectivity index (χ4n) is 4.05. The third kappa shape index (κ3) is 3.46. The number of benzene rings is 1. The fourth-order valence-corrected chi connectivity index (χ4v) is 4.05. The van der Waals surface area contributed by atoms with E-state index in [1.807, 2.05) is 6.92 Å². The van der Waals surface area contributed by atoms with Crippen molar-refractivity contribution in [2.45, 2.75) is 44.3 Å². The Morgan fingerprint density at radius 2 is 2.10 bits per heavy atom. The molecule has 0 bridgehead atoms. The SMILES string of the molecule is C[C@H]1CCO[C@H]2CN3C=C(C(=O)NCc4ccc(F)cc4F)C(=O)C(O)C3C(=O)N21. The summed E-state index contributed by atoms with van der Waals surface area (Å²) in [4.78, 5) is 41.0. The van der Waals surface area contributed by atoms with Gasteiger partial charge in [0.1, 0.15) is 35.6 Å². The van der Waals surface area contributed by atoms with Crippen LogP contribution in [0.4, 0.5) is 8.78 Å². The van der Waals surface area contributed by atoms with Crippen LogP contribution < -0.4 is 5.32 Å². The Morgan fingerprint density at radius 1 is 1.33 bits per heavy atom. The average molecular weight is 421 g/mol. The summed E-state index contributed by atoms with van der Waals surface area (Å²) in [6.45, 7) is 2.29. The summed E-state index contributed by atoms with van der Waals surface area (Å²) in [5.74, 6) is -3.71. The summed E-state index contributed by atoms with van der Waals surface area (Å²) < 4.78 is 32.4. The molecule has 30 heavy (non-hydrogen) atoms. The van der Waals surface area contributed by atoms with Crippen LogP contribution in [0.1, 0.15) is 18.9 Å². The number of nitrogens with one attached hydrogen (secondary N) is 1. The highest BCUT2D eigenvalue weighted by atomic mass is 19.1. The Balaban J connectivity index is 1.53. The van der Waals surface area contributed by atoms with Crippen LogP contribution >= 0.6 is 0 Å². The van der Waals surface area contributed by atoms with E-state index in [1.165, 1.54) is 22.1 Å². The van der Waals surface area contributed by atoms with Gasteiger partial charge in [-0.3, -0.25) is 14.4 Å².